The van der Waals surface area contributed by atoms with Crippen LogP contribution < -0.4 is 0 Å². The Morgan fingerprint density at radius 2 is 1.50 bits per heavy atom. The van der Waals surface area contributed by atoms with Gasteiger partial charge in [0.2, 0.25) is 0 Å². The molecular weight excluding hydrogens is 292 g/mol. The summed E-state index contributed by atoms with van der Waals surface area (Å²) in [5.41, 5.74) is 0.974. The molecule has 4 rings (SSSR count). The zero-order valence-corrected chi connectivity index (χ0v) is 16.9. The first-order chi connectivity index (χ1) is 11.5. The molecule has 0 N–H and O–H groups in total. The molecule has 4 aliphatic carbocycles. The van der Waals surface area contributed by atoms with Gasteiger partial charge < -0.3 is 0 Å². The normalized spacial score (nSPS) is 50.0. The van der Waals surface area contributed by atoms with Gasteiger partial charge in [0.05, 0.1) is 0 Å². The molecule has 1 heteroatoms. The van der Waals surface area contributed by atoms with E-state index in [4.69, 9.17) is 0 Å². The van der Waals surface area contributed by atoms with Gasteiger partial charge >= 0.3 is 0 Å². The summed E-state index contributed by atoms with van der Waals surface area (Å²) in [6.45, 7) is 11.0. The van der Waals surface area contributed by atoms with Crippen LogP contribution in [-0.2, 0) is 4.79 Å². The Kier molecular flexibility index (Phi) is 5.20. The van der Waals surface area contributed by atoms with E-state index in [0.717, 1.165) is 23.7 Å². The second kappa shape index (κ2) is 6.76. The number of hydrogen-bond acceptors (Lipinski definition) is 1. The van der Waals surface area contributed by atoms with Crippen molar-refractivity contribution in [3.8, 4) is 0 Å². The molecule has 0 radical (unpaired) electrons. The van der Waals surface area contributed by atoms with Gasteiger partial charge in [-0.3, -0.25) is 4.79 Å². The minimum absolute atomic E-state index is 0.338. The fourth-order valence-corrected chi connectivity index (χ4v) is 7.96. The smallest absolute Gasteiger partial charge is 0.133 e. The van der Waals surface area contributed by atoms with Crippen molar-refractivity contribution >= 4 is 5.78 Å². The SMILES string of the molecule is CC.CC(=O)[C@H]1CCC2[C@@H]3CCC4CCCC[C@]4(C)C3CC[C@@]21C. The molecule has 0 aromatic heterocycles. The molecule has 1 nitrogen and oxygen atoms in total. The summed E-state index contributed by atoms with van der Waals surface area (Å²) in [4.78, 5) is 12.2. The highest BCUT2D eigenvalue weighted by molar-refractivity contribution is 5.79. The van der Waals surface area contributed by atoms with E-state index in [2.05, 4.69) is 13.8 Å². The van der Waals surface area contributed by atoms with Crippen molar-refractivity contribution in [1.29, 1.82) is 0 Å². The van der Waals surface area contributed by atoms with Gasteiger partial charge in [-0.2, -0.15) is 0 Å². The number of hydrogen-bond donors (Lipinski definition) is 0. The summed E-state index contributed by atoms with van der Waals surface area (Å²) in [6, 6.07) is 0. The van der Waals surface area contributed by atoms with Crippen LogP contribution in [0.4, 0.5) is 0 Å². The Balaban J connectivity index is 0.000000815. The molecule has 0 aromatic rings. The van der Waals surface area contributed by atoms with Gasteiger partial charge in [0.15, 0.2) is 0 Å². The van der Waals surface area contributed by atoms with Crippen molar-refractivity contribution in [3.63, 3.8) is 0 Å². The van der Waals surface area contributed by atoms with E-state index in [0.29, 0.717) is 22.5 Å². The van der Waals surface area contributed by atoms with Gasteiger partial charge in [0, 0.05) is 5.92 Å². The molecule has 0 bridgehead atoms. The molecule has 3 unspecified atom stereocenters. The first kappa shape index (κ1) is 18.5. The average molecular weight is 333 g/mol. The first-order valence-corrected chi connectivity index (χ1v) is 11.0. The standard InChI is InChI=1S/C21H34O.C2H6/c1-14(22)17-9-10-18-16-8-7-15-6-4-5-12-20(15,2)19(16)11-13-21(17,18)3;1-2/h15-19H,4-13H2,1-3H3;1-2H3/t15?,16-,17+,18?,19?,20-,21+;/m0./s1. The van der Waals surface area contributed by atoms with E-state index < -0.39 is 0 Å². The molecule has 138 valence electrons. The van der Waals surface area contributed by atoms with Crippen LogP contribution in [-0.4, -0.2) is 5.78 Å². The summed E-state index contributed by atoms with van der Waals surface area (Å²) in [5, 5.41) is 0. The predicted octanol–water partition coefficient (Wildman–Crippen LogP) is 6.65. The highest BCUT2D eigenvalue weighted by Crippen LogP contribution is 2.67. The number of carbonyl (C=O) groups is 1. The monoisotopic (exact) mass is 332 g/mol. The van der Waals surface area contributed by atoms with E-state index >= 15 is 0 Å². The topological polar surface area (TPSA) is 17.1 Å². The highest BCUT2D eigenvalue weighted by Gasteiger charge is 2.60. The maximum absolute atomic E-state index is 12.2. The minimum Gasteiger partial charge on any atom is -0.300 e. The molecule has 0 spiro atoms. The molecule has 0 aromatic carbocycles. The molecule has 7 atom stereocenters. The fraction of sp³-hybridized carbons (Fsp3) is 0.957. The lowest BCUT2D eigenvalue weighted by molar-refractivity contribution is -0.133. The van der Waals surface area contributed by atoms with Gasteiger partial charge in [-0.25, -0.2) is 0 Å². The summed E-state index contributed by atoms with van der Waals surface area (Å²) in [6.07, 6.45) is 14.1. The van der Waals surface area contributed by atoms with Gasteiger partial charge in [0.25, 0.3) is 0 Å². The van der Waals surface area contributed by atoms with Crippen LogP contribution in [0.1, 0.15) is 98.8 Å². The van der Waals surface area contributed by atoms with E-state index in [1.807, 2.05) is 20.8 Å². The maximum Gasteiger partial charge on any atom is 0.133 e. The number of carbonyl (C=O) groups excluding carboxylic acids is 1. The van der Waals surface area contributed by atoms with Crippen molar-refractivity contribution in [2.45, 2.75) is 98.8 Å². The van der Waals surface area contributed by atoms with Crippen molar-refractivity contribution < 1.29 is 4.79 Å². The van der Waals surface area contributed by atoms with Crippen LogP contribution in [0.5, 0.6) is 0 Å². The third kappa shape index (κ3) is 2.60. The van der Waals surface area contributed by atoms with Gasteiger partial charge in [-0.15, -0.1) is 0 Å². The molecule has 0 saturated heterocycles. The molecule has 4 fully saturated rings. The lowest BCUT2D eigenvalue weighted by atomic mass is 9.45. The molecule has 0 heterocycles. The third-order valence-corrected chi connectivity index (χ3v) is 9.07. The van der Waals surface area contributed by atoms with Crippen LogP contribution in [0.3, 0.4) is 0 Å². The van der Waals surface area contributed by atoms with Crippen molar-refractivity contribution in [2.24, 2.45) is 40.4 Å². The fourth-order valence-electron chi connectivity index (χ4n) is 7.96. The Labute approximate surface area is 150 Å². The summed E-state index contributed by atoms with van der Waals surface area (Å²) >= 11 is 0. The summed E-state index contributed by atoms with van der Waals surface area (Å²) in [7, 11) is 0. The maximum atomic E-state index is 12.2. The van der Waals surface area contributed by atoms with E-state index in [-0.39, 0.29) is 0 Å². The minimum atomic E-state index is 0.338. The van der Waals surface area contributed by atoms with Crippen LogP contribution in [0.25, 0.3) is 0 Å². The number of fused-ring (bicyclic) bond motifs is 5. The first-order valence-electron chi connectivity index (χ1n) is 11.0. The molecule has 24 heavy (non-hydrogen) atoms. The van der Waals surface area contributed by atoms with E-state index in [1.165, 1.54) is 64.2 Å². The molecule has 4 aliphatic rings. The van der Waals surface area contributed by atoms with Crippen molar-refractivity contribution in [1.82, 2.24) is 0 Å². The summed E-state index contributed by atoms with van der Waals surface area (Å²) in [5.74, 6) is 4.60. The molecule has 0 aliphatic heterocycles. The quantitative estimate of drug-likeness (QED) is 0.525. The number of ketones is 1. The van der Waals surface area contributed by atoms with Gasteiger partial charge in [-0.1, -0.05) is 40.5 Å². The molecule has 0 amide bonds. The summed E-state index contributed by atoms with van der Waals surface area (Å²) < 4.78 is 0. The van der Waals surface area contributed by atoms with Crippen LogP contribution in [0, 0.1) is 40.4 Å². The predicted molar refractivity (Wildman–Crippen MR) is 102 cm³/mol. The van der Waals surface area contributed by atoms with E-state index in [9.17, 15) is 4.79 Å². The molecular formula is C23H40O. The van der Waals surface area contributed by atoms with Crippen LogP contribution in [0.2, 0.25) is 0 Å². The highest BCUT2D eigenvalue weighted by atomic mass is 16.1. The lowest BCUT2D eigenvalue weighted by Crippen LogP contribution is -2.53. The van der Waals surface area contributed by atoms with Crippen molar-refractivity contribution in [3.05, 3.63) is 0 Å². The van der Waals surface area contributed by atoms with Crippen LogP contribution >= 0.6 is 0 Å². The van der Waals surface area contributed by atoms with Gasteiger partial charge in [-0.05, 0) is 92.8 Å². The Morgan fingerprint density at radius 3 is 2.21 bits per heavy atom. The Hall–Kier alpha value is -0.330. The zero-order chi connectivity index (χ0) is 17.5. The second-order valence-electron chi connectivity index (χ2n) is 9.69. The average Bonchev–Trinajstić information content (AvgIpc) is 2.93. The Bertz CT molecular complexity index is 469. The Morgan fingerprint density at radius 1 is 0.792 bits per heavy atom. The zero-order valence-electron chi connectivity index (χ0n) is 16.9. The lowest BCUT2D eigenvalue weighted by Gasteiger charge is -2.60. The van der Waals surface area contributed by atoms with Crippen molar-refractivity contribution in [2.75, 3.05) is 0 Å². The number of Topliss-reactive ketones (excluding diaryl/α,β-unsaturated/α-hetero) is 1. The number of rotatable bonds is 1. The molecule has 4 saturated carbocycles. The van der Waals surface area contributed by atoms with E-state index in [1.54, 1.807) is 0 Å². The van der Waals surface area contributed by atoms with Crippen LogP contribution in [0.15, 0.2) is 0 Å². The van der Waals surface area contributed by atoms with Gasteiger partial charge in [0.1, 0.15) is 5.78 Å². The second-order valence-corrected chi connectivity index (χ2v) is 9.69. The largest absolute Gasteiger partial charge is 0.300 e. The third-order valence-electron chi connectivity index (χ3n) is 9.07.